The van der Waals surface area contributed by atoms with E-state index >= 15 is 0 Å². The van der Waals surface area contributed by atoms with E-state index in [0.717, 1.165) is 0 Å². The molecular weight excluding hydrogens is 410 g/mol. The Morgan fingerprint density at radius 3 is 2.35 bits per heavy atom. The summed E-state index contributed by atoms with van der Waals surface area (Å²) in [4.78, 5) is 0.187. The minimum atomic E-state index is -3.64. The first-order valence-electron chi connectivity index (χ1n) is 5.55. The molecule has 0 unspecified atom stereocenters. The molecule has 0 amide bonds. The van der Waals surface area contributed by atoms with Crippen molar-refractivity contribution in [1.29, 1.82) is 0 Å². The molecule has 106 valence electrons. The Bertz CT molecular complexity index is 732. The maximum Gasteiger partial charge on any atom is 0.263 e. The van der Waals surface area contributed by atoms with Gasteiger partial charge in [0.1, 0.15) is 10.6 Å². The smallest absolute Gasteiger partial charge is 0.263 e. The van der Waals surface area contributed by atoms with Gasteiger partial charge in [-0.15, -0.1) is 0 Å². The summed E-state index contributed by atoms with van der Waals surface area (Å²) in [6.07, 6.45) is 0. The highest BCUT2D eigenvalue weighted by Crippen LogP contribution is 2.29. The number of rotatable bonds is 4. The van der Waals surface area contributed by atoms with Gasteiger partial charge < -0.3 is 4.74 Å². The van der Waals surface area contributed by atoms with E-state index in [1.807, 2.05) is 0 Å². The highest BCUT2D eigenvalue weighted by atomic mass is 79.9. The van der Waals surface area contributed by atoms with Gasteiger partial charge in [0.25, 0.3) is 10.0 Å². The molecule has 0 aromatic heterocycles. The average Bonchev–Trinajstić information content (AvgIpc) is 2.38. The molecule has 0 fully saturated rings. The lowest BCUT2D eigenvalue weighted by atomic mass is 10.3. The van der Waals surface area contributed by atoms with Crippen LogP contribution in [0.5, 0.6) is 5.75 Å². The summed E-state index contributed by atoms with van der Waals surface area (Å²) < 4.78 is 33.4. The van der Waals surface area contributed by atoms with Crippen LogP contribution < -0.4 is 9.46 Å². The van der Waals surface area contributed by atoms with Crippen molar-refractivity contribution < 1.29 is 13.2 Å². The van der Waals surface area contributed by atoms with Crippen LogP contribution >= 0.6 is 31.9 Å². The van der Waals surface area contributed by atoms with Crippen LogP contribution in [0.4, 0.5) is 5.69 Å². The zero-order chi connectivity index (χ0) is 14.8. The van der Waals surface area contributed by atoms with Crippen molar-refractivity contribution >= 4 is 47.6 Å². The summed E-state index contributed by atoms with van der Waals surface area (Å²) >= 11 is 6.55. The third kappa shape index (κ3) is 3.34. The first-order chi connectivity index (χ1) is 9.44. The van der Waals surface area contributed by atoms with Crippen molar-refractivity contribution in [2.75, 3.05) is 11.8 Å². The quantitative estimate of drug-likeness (QED) is 0.812. The summed E-state index contributed by atoms with van der Waals surface area (Å²) in [6, 6.07) is 11.6. The van der Waals surface area contributed by atoms with Gasteiger partial charge in [0, 0.05) is 4.47 Å². The number of nitrogens with one attached hydrogen (secondary N) is 1. The zero-order valence-corrected chi connectivity index (χ0v) is 14.4. The van der Waals surface area contributed by atoms with E-state index < -0.39 is 10.0 Å². The molecule has 0 aliphatic rings. The Kier molecular flexibility index (Phi) is 4.72. The summed E-state index contributed by atoms with van der Waals surface area (Å²) in [5.41, 5.74) is 0.452. The Morgan fingerprint density at radius 1 is 1.05 bits per heavy atom. The second-order valence-corrected chi connectivity index (χ2v) is 7.24. The van der Waals surface area contributed by atoms with Gasteiger partial charge in [-0.25, -0.2) is 8.42 Å². The fourth-order valence-electron chi connectivity index (χ4n) is 1.60. The number of sulfonamides is 1. The largest absolute Gasteiger partial charge is 0.496 e. The third-order valence-corrected chi connectivity index (χ3v) is 5.54. The molecule has 0 radical (unpaired) electrons. The highest BCUT2D eigenvalue weighted by molar-refractivity contribution is 9.10. The maximum absolute atomic E-state index is 12.3. The van der Waals surface area contributed by atoms with E-state index in [1.54, 1.807) is 43.5 Å². The van der Waals surface area contributed by atoms with E-state index in [4.69, 9.17) is 4.74 Å². The topological polar surface area (TPSA) is 55.4 Å². The number of ether oxygens (including phenoxy) is 1. The molecule has 0 aliphatic heterocycles. The van der Waals surface area contributed by atoms with Crippen molar-refractivity contribution in [3.63, 3.8) is 0 Å². The minimum absolute atomic E-state index is 0.187. The highest BCUT2D eigenvalue weighted by Gasteiger charge is 2.17. The van der Waals surface area contributed by atoms with Crippen molar-refractivity contribution in [2.24, 2.45) is 0 Å². The fourth-order valence-corrected chi connectivity index (χ4v) is 4.20. The number of halogens is 2. The van der Waals surface area contributed by atoms with Crippen LogP contribution in [0.15, 0.2) is 56.3 Å². The molecular formula is C13H11Br2NO3S. The number of anilines is 1. The van der Waals surface area contributed by atoms with Gasteiger partial charge >= 0.3 is 0 Å². The second kappa shape index (κ2) is 6.15. The number of methoxy groups -OCH3 is 1. The maximum atomic E-state index is 12.3. The molecule has 1 N–H and O–H groups in total. The van der Waals surface area contributed by atoms with E-state index in [1.165, 1.54) is 6.07 Å². The summed E-state index contributed by atoms with van der Waals surface area (Å²) in [7, 11) is -2.09. The standard InChI is InChI=1S/C13H11Br2NO3S/c1-19-12-7-6-9(8-11(12)15)16-20(17,18)13-5-3-2-4-10(13)14/h2-8,16H,1H3. The van der Waals surface area contributed by atoms with Gasteiger partial charge in [0.15, 0.2) is 0 Å². The monoisotopic (exact) mass is 419 g/mol. The Morgan fingerprint density at radius 2 is 1.75 bits per heavy atom. The zero-order valence-electron chi connectivity index (χ0n) is 10.4. The summed E-state index contributed by atoms with van der Waals surface area (Å²) in [6.45, 7) is 0. The lowest BCUT2D eigenvalue weighted by molar-refractivity contribution is 0.412. The molecule has 4 nitrogen and oxygen atoms in total. The van der Waals surface area contributed by atoms with Crippen molar-refractivity contribution in [3.8, 4) is 5.75 Å². The molecule has 0 spiro atoms. The van der Waals surface area contributed by atoms with Gasteiger partial charge in [-0.3, -0.25) is 4.72 Å². The van der Waals surface area contributed by atoms with Crippen LogP contribution in [0.2, 0.25) is 0 Å². The van der Waals surface area contributed by atoms with Crippen LogP contribution in [0, 0.1) is 0 Å². The minimum Gasteiger partial charge on any atom is -0.496 e. The Balaban J connectivity index is 2.34. The first-order valence-corrected chi connectivity index (χ1v) is 8.62. The molecule has 0 aliphatic carbocycles. The van der Waals surface area contributed by atoms with E-state index in [-0.39, 0.29) is 4.90 Å². The molecule has 0 saturated carbocycles. The normalized spacial score (nSPS) is 11.2. The predicted molar refractivity (Wildman–Crippen MR) is 85.6 cm³/mol. The van der Waals surface area contributed by atoms with Gasteiger partial charge in [0.2, 0.25) is 0 Å². The van der Waals surface area contributed by atoms with E-state index in [0.29, 0.717) is 20.4 Å². The molecule has 0 saturated heterocycles. The Labute approximate surface area is 134 Å². The van der Waals surface area contributed by atoms with E-state index in [9.17, 15) is 8.42 Å². The van der Waals surface area contributed by atoms with Crippen molar-refractivity contribution in [2.45, 2.75) is 4.90 Å². The molecule has 7 heteroatoms. The average molecular weight is 421 g/mol. The van der Waals surface area contributed by atoms with Crippen LogP contribution in [0.1, 0.15) is 0 Å². The van der Waals surface area contributed by atoms with Gasteiger partial charge in [-0.05, 0) is 62.2 Å². The predicted octanol–water partition coefficient (Wildman–Crippen LogP) is 4.02. The van der Waals surface area contributed by atoms with Gasteiger partial charge in [-0.1, -0.05) is 12.1 Å². The van der Waals surface area contributed by atoms with Crippen LogP contribution in [-0.4, -0.2) is 15.5 Å². The molecule has 0 atom stereocenters. The molecule has 0 bridgehead atoms. The second-order valence-electron chi connectivity index (χ2n) is 3.89. The molecule has 2 aromatic rings. The van der Waals surface area contributed by atoms with Crippen LogP contribution in [-0.2, 0) is 10.0 Å². The van der Waals surface area contributed by atoms with Gasteiger partial charge in [-0.2, -0.15) is 0 Å². The van der Waals surface area contributed by atoms with Crippen LogP contribution in [0.25, 0.3) is 0 Å². The molecule has 2 aromatic carbocycles. The SMILES string of the molecule is COc1ccc(NS(=O)(=O)c2ccccc2Br)cc1Br. The fraction of sp³-hybridized carbons (Fsp3) is 0.0769. The van der Waals surface area contributed by atoms with E-state index in [2.05, 4.69) is 36.6 Å². The van der Waals surface area contributed by atoms with Crippen molar-refractivity contribution in [3.05, 3.63) is 51.4 Å². The summed E-state index contributed by atoms with van der Waals surface area (Å²) in [5.74, 6) is 0.633. The van der Waals surface area contributed by atoms with Gasteiger partial charge in [0.05, 0.1) is 17.3 Å². The molecule has 0 heterocycles. The Hall–Kier alpha value is -1.05. The third-order valence-electron chi connectivity index (χ3n) is 2.53. The lowest BCUT2D eigenvalue weighted by Gasteiger charge is -2.11. The number of hydrogen-bond donors (Lipinski definition) is 1. The number of hydrogen-bond acceptors (Lipinski definition) is 3. The molecule has 2 rings (SSSR count). The summed E-state index contributed by atoms with van der Waals surface area (Å²) in [5, 5.41) is 0. The van der Waals surface area contributed by atoms with Crippen molar-refractivity contribution in [1.82, 2.24) is 0 Å². The van der Waals surface area contributed by atoms with Crippen LogP contribution in [0.3, 0.4) is 0 Å². The molecule has 20 heavy (non-hydrogen) atoms. The number of benzene rings is 2. The lowest BCUT2D eigenvalue weighted by Crippen LogP contribution is -2.13. The first kappa shape index (κ1) is 15.3.